The average molecular weight is 241 g/mol. The summed E-state index contributed by atoms with van der Waals surface area (Å²) >= 11 is 0. The molecule has 3 atom stereocenters. The fourth-order valence-electron chi connectivity index (χ4n) is 2.72. The fourth-order valence-corrected chi connectivity index (χ4v) is 2.72. The fraction of sp³-hybridized carbons (Fsp3) is 0.923. The van der Waals surface area contributed by atoms with Gasteiger partial charge in [0.25, 0.3) is 0 Å². The van der Waals surface area contributed by atoms with E-state index >= 15 is 0 Å². The quantitative estimate of drug-likeness (QED) is 0.763. The van der Waals surface area contributed by atoms with Crippen LogP contribution < -0.4 is 5.73 Å². The smallest absolute Gasteiger partial charge is 0.313 e. The maximum Gasteiger partial charge on any atom is 0.313 e. The largest absolute Gasteiger partial charge is 0.462 e. The summed E-state index contributed by atoms with van der Waals surface area (Å²) in [4.78, 5) is 12.1. The van der Waals surface area contributed by atoms with Gasteiger partial charge in [-0.2, -0.15) is 0 Å². The lowest BCUT2D eigenvalue weighted by molar-refractivity contribution is -0.161. The number of nitrogens with two attached hydrogens (primary N) is 1. The van der Waals surface area contributed by atoms with Crippen LogP contribution in [0.4, 0.5) is 0 Å². The molecule has 2 N–H and O–H groups in total. The molecule has 17 heavy (non-hydrogen) atoms. The number of hydrogen-bond acceptors (Lipinski definition) is 4. The van der Waals surface area contributed by atoms with E-state index in [9.17, 15) is 4.79 Å². The van der Waals surface area contributed by atoms with E-state index in [0.29, 0.717) is 6.61 Å². The van der Waals surface area contributed by atoms with Gasteiger partial charge in [-0.15, -0.1) is 0 Å². The molecule has 3 unspecified atom stereocenters. The second kappa shape index (κ2) is 5.36. The Hall–Kier alpha value is -0.610. The molecule has 1 saturated carbocycles. The van der Waals surface area contributed by atoms with Crippen molar-refractivity contribution < 1.29 is 14.3 Å². The number of carbonyl (C=O) groups is 1. The zero-order valence-electron chi connectivity index (χ0n) is 10.6. The molecule has 0 bridgehead atoms. The Bertz CT molecular complexity index is 276. The topological polar surface area (TPSA) is 61.5 Å². The van der Waals surface area contributed by atoms with Crippen molar-refractivity contribution in [1.82, 2.24) is 0 Å². The predicted molar refractivity (Wildman–Crippen MR) is 64.5 cm³/mol. The van der Waals surface area contributed by atoms with Gasteiger partial charge < -0.3 is 15.2 Å². The van der Waals surface area contributed by atoms with Crippen LogP contribution in [0.1, 0.15) is 45.4 Å². The van der Waals surface area contributed by atoms with Crippen molar-refractivity contribution in [3.05, 3.63) is 0 Å². The van der Waals surface area contributed by atoms with Gasteiger partial charge in [0, 0.05) is 12.6 Å². The highest BCUT2D eigenvalue weighted by Gasteiger charge is 2.42. The van der Waals surface area contributed by atoms with Gasteiger partial charge in [-0.05, 0) is 32.6 Å². The first-order valence-electron chi connectivity index (χ1n) is 6.67. The van der Waals surface area contributed by atoms with E-state index < -0.39 is 5.41 Å². The van der Waals surface area contributed by atoms with Gasteiger partial charge >= 0.3 is 5.97 Å². The third kappa shape index (κ3) is 2.80. The maximum absolute atomic E-state index is 12.1. The second-order valence-corrected chi connectivity index (χ2v) is 5.50. The molecule has 0 aromatic heterocycles. The van der Waals surface area contributed by atoms with Gasteiger partial charge in [-0.25, -0.2) is 0 Å². The summed E-state index contributed by atoms with van der Waals surface area (Å²) in [6.45, 7) is 3.12. The van der Waals surface area contributed by atoms with Gasteiger partial charge in [0.15, 0.2) is 0 Å². The predicted octanol–water partition coefficient (Wildman–Crippen LogP) is 1.62. The van der Waals surface area contributed by atoms with Crippen molar-refractivity contribution in [2.24, 2.45) is 11.1 Å². The zero-order valence-corrected chi connectivity index (χ0v) is 10.6. The monoisotopic (exact) mass is 241 g/mol. The molecule has 4 nitrogen and oxygen atoms in total. The van der Waals surface area contributed by atoms with Crippen LogP contribution in [0.3, 0.4) is 0 Å². The second-order valence-electron chi connectivity index (χ2n) is 5.50. The molecule has 2 fully saturated rings. The highest BCUT2D eigenvalue weighted by molar-refractivity contribution is 5.77. The number of ether oxygens (including phenoxy) is 2. The molecule has 0 radical (unpaired) electrons. The highest BCUT2D eigenvalue weighted by Crippen LogP contribution is 2.36. The number of rotatable bonds is 3. The van der Waals surface area contributed by atoms with Crippen LogP contribution in [-0.4, -0.2) is 31.3 Å². The molecule has 1 heterocycles. The van der Waals surface area contributed by atoms with Gasteiger partial charge in [0.1, 0.15) is 6.61 Å². The van der Waals surface area contributed by atoms with E-state index in [1.807, 2.05) is 6.92 Å². The van der Waals surface area contributed by atoms with Crippen molar-refractivity contribution in [2.45, 2.75) is 57.6 Å². The van der Waals surface area contributed by atoms with E-state index in [-0.39, 0.29) is 18.1 Å². The van der Waals surface area contributed by atoms with Gasteiger partial charge in [-0.1, -0.05) is 12.8 Å². The molecule has 1 saturated heterocycles. The van der Waals surface area contributed by atoms with Gasteiger partial charge in [0.2, 0.25) is 0 Å². The molecule has 0 aromatic carbocycles. The van der Waals surface area contributed by atoms with Crippen molar-refractivity contribution in [3.63, 3.8) is 0 Å². The van der Waals surface area contributed by atoms with E-state index in [1.54, 1.807) is 0 Å². The summed E-state index contributed by atoms with van der Waals surface area (Å²) in [5, 5.41) is 0. The standard InChI is InChI=1S/C13H23NO3/c1-13(7-3-2-6-11(13)14)12(15)17-9-10-5-4-8-16-10/h10-11H,2-9,14H2,1H3. The molecule has 2 rings (SSSR count). The average Bonchev–Trinajstić information content (AvgIpc) is 2.83. The van der Waals surface area contributed by atoms with Crippen LogP contribution in [0.15, 0.2) is 0 Å². The first-order valence-corrected chi connectivity index (χ1v) is 6.67. The van der Waals surface area contributed by atoms with Crippen molar-refractivity contribution in [2.75, 3.05) is 13.2 Å². The lowest BCUT2D eigenvalue weighted by Crippen LogP contribution is -2.48. The van der Waals surface area contributed by atoms with Crippen molar-refractivity contribution in [3.8, 4) is 0 Å². The van der Waals surface area contributed by atoms with E-state index in [1.165, 1.54) is 0 Å². The third-order valence-corrected chi connectivity index (χ3v) is 4.17. The minimum absolute atomic E-state index is 0.0618. The Kier molecular flexibility index (Phi) is 4.05. The Morgan fingerprint density at radius 3 is 2.88 bits per heavy atom. The normalized spacial score (nSPS) is 38.0. The Labute approximate surface area is 103 Å². The molecular weight excluding hydrogens is 218 g/mol. The Balaban J connectivity index is 1.84. The minimum atomic E-state index is -0.489. The summed E-state index contributed by atoms with van der Waals surface area (Å²) in [5.74, 6) is -0.139. The van der Waals surface area contributed by atoms with Crippen molar-refractivity contribution >= 4 is 5.97 Å². The lowest BCUT2D eigenvalue weighted by atomic mass is 9.72. The summed E-state index contributed by atoms with van der Waals surface area (Å²) in [6, 6.07) is -0.0618. The Morgan fingerprint density at radius 1 is 1.41 bits per heavy atom. The highest BCUT2D eigenvalue weighted by atomic mass is 16.6. The third-order valence-electron chi connectivity index (χ3n) is 4.17. The van der Waals surface area contributed by atoms with Crippen LogP contribution in [0.2, 0.25) is 0 Å². The van der Waals surface area contributed by atoms with Crippen LogP contribution in [0.5, 0.6) is 0 Å². The maximum atomic E-state index is 12.1. The van der Waals surface area contributed by atoms with E-state index in [0.717, 1.165) is 45.1 Å². The molecular formula is C13H23NO3. The molecule has 0 amide bonds. The molecule has 4 heteroatoms. The SMILES string of the molecule is CC1(C(=O)OCC2CCCO2)CCCCC1N. The molecule has 0 spiro atoms. The summed E-state index contributed by atoms with van der Waals surface area (Å²) in [7, 11) is 0. The van der Waals surface area contributed by atoms with Crippen LogP contribution in [0, 0.1) is 5.41 Å². The molecule has 1 aliphatic carbocycles. The minimum Gasteiger partial charge on any atom is -0.462 e. The Morgan fingerprint density at radius 2 is 2.24 bits per heavy atom. The number of esters is 1. The van der Waals surface area contributed by atoms with E-state index in [4.69, 9.17) is 15.2 Å². The first-order chi connectivity index (χ1) is 8.13. The summed E-state index contributed by atoms with van der Waals surface area (Å²) in [5.41, 5.74) is 5.58. The van der Waals surface area contributed by atoms with Gasteiger partial charge in [-0.3, -0.25) is 4.79 Å². The summed E-state index contributed by atoms with van der Waals surface area (Å²) < 4.78 is 10.8. The molecule has 1 aliphatic heterocycles. The number of hydrogen-bond donors (Lipinski definition) is 1. The summed E-state index contributed by atoms with van der Waals surface area (Å²) in [6.07, 6.45) is 6.12. The van der Waals surface area contributed by atoms with Crippen molar-refractivity contribution in [1.29, 1.82) is 0 Å². The van der Waals surface area contributed by atoms with Crippen LogP contribution in [-0.2, 0) is 14.3 Å². The lowest BCUT2D eigenvalue weighted by Gasteiger charge is -2.37. The first kappa shape index (κ1) is 12.8. The molecule has 2 aliphatic rings. The zero-order chi connectivity index (χ0) is 12.3. The number of carbonyl (C=O) groups excluding carboxylic acids is 1. The molecule has 0 aromatic rings. The van der Waals surface area contributed by atoms with Gasteiger partial charge in [0.05, 0.1) is 11.5 Å². The van der Waals surface area contributed by atoms with Crippen LogP contribution in [0.25, 0.3) is 0 Å². The molecule has 98 valence electrons. The van der Waals surface area contributed by atoms with E-state index in [2.05, 4.69) is 0 Å². The van der Waals surface area contributed by atoms with Crippen LogP contribution >= 0.6 is 0 Å².